The van der Waals surface area contributed by atoms with E-state index < -0.39 is 80.7 Å². The van der Waals surface area contributed by atoms with Crippen LogP contribution in [-0.4, -0.2) is 142 Å². The summed E-state index contributed by atoms with van der Waals surface area (Å²) in [5.74, 6) is -0.380. The highest BCUT2D eigenvalue weighted by Gasteiger charge is 2.47. The first-order valence-corrected chi connectivity index (χ1v) is 31.9. The van der Waals surface area contributed by atoms with Crippen molar-refractivity contribution in [1.29, 1.82) is 0 Å². The number of hydrogen-bond acceptors (Lipinski definition) is 14. The molecule has 0 aromatic carbocycles. The van der Waals surface area contributed by atoms with Gasteiger partial charge in [-0.1, -0.05) is 216 Å². The largest absolute Gasteiger partial charge is 0.457 e. The first kappa shape index (κ1) is 72.8. The van der Waals surface area contributed by atoms with Crippen molar-refractivity contribution in [3.63, 3.8) is 0 Å². The van der Waals surface area contributed by atoms with Gasteiger partial charge in [0.2, 0.25) is 0 Å². The molecule has 2 heterocycles. The molecule has 0 aromatic heterocycles. The van der Waals surface area contributed by atoms with Gasteiger partial charge in [0.1, 0.15) is 54.9 Å². The third-order valence-electron chi connectivity index (χ3n) is 15.0. The van der Waals surface area contributed by atoms with Gasteiger partial charge in [-0.25, -0.2) is 0 Å². The minimum Gasteiger partial charge on any atom is -0.457 e. The standard InChI is InChI=1S/C65H116O14/c1-3-5-7-9-11-13-15-17-19-21-23-25-26-27-28-29-30-32-34-36-38-40-42-44-46-48-57(67)77-54(51-74-49-47-45-43-41-39-37-35-33-31-24-22-20-18-16-14-12-10-8-6-4-2)52-75-64-63(73)61(71)59(69)56(79-64)53-76-65-62(72)60(70)58(68)55(50-66)78-65/h12,14-15,17-18,20-21,23,26-27,54-56,58-66,68-73H,3-11,13,16,19,22,24-25,28-53H2,1-2H3/b14-12-,17-15-,20-18-,23-21-,27-26-. The van der Waals surface area contributed by atoms with Crippen molar-refractivity contribution in [3.05, 3.63) is 60.8 Å². The Morgan fingerprint density at radius 3 is 1.25 bits per heavy atom. The Balaban J connectivity index is 1.68. The van der Waals surface area contributed by atoms with Crippen LogP contribution < -0.4 is 0 Å². The summed E-state index contributed by atoms with van der Waals surface area (Å²) in [7, 11) is 0. The smallest absolute Gasteiger partial charge is 0.306 e. The molecule has 0 radical (unpaired) electrons. The fourth-order valence-electron chi connectivity index (χ4n) is 9.85. The molecule has 460 valence electrons. The lowest BCUT2D eigenvalue weighted by Gasteiger charge is -2.42. The van der Waals surface area contributed by atoms with Crippen molar-refractivity contribution < 1.29 is 69.0 Å². The van der Waals surface area contributed by atoms with E-state index in [1.54, 1.807) is 0 Å². The van der Waals surface area contributed by atoms with Crippen molar-refractivity contribution >= 4 is 5.97 Å². The zero-order valence-electron chi connectivity index (χ0n) is 49.6. The monoisotopic (exact) mass is 1120 g/mol. The number of hydrogen-bond donors (Lipinski definition) is 7. The van der Waals surface area contributed by atoms with Gasteiger partial charge in [0.25, 0.3) is 0 Å². The number of aliphatic hydroxyl groups excluding tert-OH is 7. The topological polar surface area (TPSA) is 214 Å². The van der Waals surface area contributed by atoms with Gasteiger partial charge in [-0.05, 0) is 83.5 Å². The number of ether oxygens (including phenoxy) is 6. The summed E-state index contributed by atoms with van der Waals surface area (Å²) in [6.45, 7) is 3.67. The van der Waals surface area contributed by atoms with Crippen LogP contribution in [0.3, 0.4) is 0 Å². The van der Waals surface area contributed by atoms with Gasteiger partial charge in [-0.3, -0.25) is 4.79 Å². The second kappa shape index (κ2) is 51.3. The molecule has 2 saturated heterocycles. The fourth-order valence-corrected chi connectivity index (χ4v) is 9.85. The number of carbonyl (C=O) groups is 1. The van der Waals surface area contributed by atoms with E-state index in [0.717, 1.165) is 64.2 Å². The van der Waals surface area contributed by atoms with Crippen LogP contribution in [0, 0.1) is 0 Å². The summed E-state index contributed by atoms with van der Waals surface area (Å²) < 4.78 is 34.5. The Labute approximate surface area is 479 Å². The van der Waals surface area contributed by atoms with E-state index in [4.69, 9.17) is 28.4 Å². The lowest BCUT2D eigenvalue weighted by molar-refractivity contribution is -0.332. The summed E-state index contributed by atoms with van der Waals surface area (Å²) in [5, 5.41) is 72.5. The average Bonchev–Trinajstić information content (AvgIpc) is 3.46. The summed E-state index contributed by atoms with van der Waals surface area (Å²) in [5.41, 5.74) is 0. The third kappa shape index (κ3) is 37.5. The van der Waals surface area contributed by atoms with E-state index in [2.05, 4.69) is 74.6 Å². The highest BCUT2D eigenvalue weighted by molar-refractivity contribution is 5.69. The van der Waals surface area contributed by atoms with Crippen molar-refractivity contribution in [2.24, 2.45) is 0 Å². The molecule has 79 heavy (non-hydrogen) atoms. The van der Waals surface area contributed by atoms with Gasteiger partial charge in [-0.15, -0.1) is 0 Å². The van der Waals surface area contributed by atoms with Crippen LogP contribution >= 0.6 is 0 Å². The molecule has 7 N–H and O–H groups in total. The van der Waals surface area contributed by atoms with Crippen molar-refractivity contribution in [3.8, 4) is 0 Å². The second-order valence-corrected chi connectivity index (χ2v) is 22.2. The lowest BCUT2D eigenvalue weighted by Crippen LogP contribution is -2.61. The summed E-state index contributed by atoms with van der Waals surface area (Å²) in [6.07, 6.45) is 48.5. The van der Waals surface area contributed by atoms with Crippen molar-refractivity contribution in [2.45, 2.75) is 313 Å². The molecule has 11 atom stereocenters. The van der Waals surface area contributed by atoms with Gasteiger partial charge < -0.3 is 64.2 Å². The van der Waals surface area contributed by atoms with Crippen LogP contribution in [0.25, 0.3) is 0 Å². The summed E-state index contributed by atoms with van der Waals surface area (Å²) >= 11 is 0. The zero-order valence-corrected chi connectivity index (χ0v) is 49.6. The molecular weight excluding hydrogens is 1000 g/mol. The van der Waals surface area contributed by atoms with Gasteiger partial charge in [-0.2, -0.15) is 0 Å². The molecule has 0 saturated carbocycles. The zero-order chi connectivity index (χ0) is 57.2. The Morgan fingerprint density at radius 1 is 0.418 bits per heavy atom. The number of esters is 1. The van der Waals surface area contributed by atoms with Crippen LogP contribution in [0.2, 0.25) is 0 Å². The van der Waals surface area contributed by atoms with Gasteiger partial charge in [0.05, 0.1) is 26.4 Å². The summed E-state index contributed by atoms with van der Waals surface area (Å²) in [4.78, 5) is 13.1. The second-order valence-electron chi connectivity index (χ2n) is 22.2. The van der Waals surface area contributed by atoms with Gasteiger partial charge in [0.15, 0.2) is 12.6 Å². The van der Waals surface area contributed by atoms with Crippen LogP contribution in [0.15, 0.2) is 60.8 Å². The third-order valence-corrected chi connectivity index (χ3v) is 15.0. The molecule has 2 aliphatic heterocycles. The molecule has 0 aliphatic carbocycles. The quantitative estimate of drug-likeness (QED) is 0.0172. The number of allylic oxidation sites excluding steroid dienone is 10. The van der Waals surface area contributed by atoms with Crippen molar-refractivity contribution in [1.82, 2.24) is 0 Å². The van der Waals surface area contributed by atoms with Crippen LogP contribution in [0.1, 0.15) is 245 Å². The normalized spacial score (nSPS) is 24.4. The number of unbranched alkanes of at least 4 members (excludes halogenated alkanes) is 28. The lowest BCUT2D eigenvalue weighted by atomic mass is 9.98. The molecular formula is C65H116O14. The molecule has 14 nitrogen and oxygen atoms in total. The van der Waals surface area contributed by atoms with Crippen LogP contribution in [-0.2, 0) is 33.2 Å². The highest BCUT2D eigenvalue weighted by atomic mass is 16.7. The highest BCUT2D eigenvalue weighted by Crippen LogP contribution is 2.27. The molecule has 0 bridgehead atoms. The molecule has 0 amide bonds. The first-order valence-electron chi connectivity index (χ1n) is 31.9. The summed E-state index contributed by atoms with van der Waals surface area (Å²) in [6, 6.07) is 0. The van der Waals surface area contributed by atoms with E-state index in [1.807, 2.05) is 0 Å². The Kier molecular flexibility index (Phi) is 47.3. The Hall–Kier alpha value is -2.31. The van der Waals surface area contributed by atoms with E-state index in [0.29, 0.717) is 13.0 Å². The maximum Gasteiger partial charge on any atom is 0.306 e. The fraction of sp³-hybridized carbons (Fsp3) is 0.831. The van der Waals surface area contributed by atoms with E-state index >= 15 is 0 Å². The maximum atomic E-state index is 13.1. The first-order chi connectivity index (χ1) is 38.6. The van der Waals surface area contributed by atoms with Gasteiger partial charge in [0, 0.05) is 13.0 Å². The number of rotatable bonds is 52. The molecule has 2 rings (SSSR count). The SMILES string of the molecule is CCCCC/C=C\C/C=C\CCCCCCCCCCCCOCC(COC1OC(COC2OC(CO)C(O)C(O)C2O)C(O)C(O)C1O)OC(=O)CCCCCCCCCCCC/C=C\C/C=C\C/C=C\CCCCCCC. The van der Waals surface area contributed by atoms with Crippen molar-refractivity contribution in [2.75, 3.05) is 33.0 Å². The minimum absolute atomic E-state index is 0.0568. The van der Waals surface area contributed by atoms with E-state index in [1.165, 1.54) is 154 Å². The molecule has 2 fully saturated rings. The number of carbonyl (C=O) groups excluding carboxylic acids is 1. The Morgan fingerprint density at radius 2 is 0.785 bits per heavy atom. The van der Waals surface area contributed by atoms with E-state index in [-0.39, 0.29) is 25.6 Å². The predicted octanol–water partition coefficient (Wildman–Crippen LogP) is 12.4. The van der Waals surface area contributed by atoms with Crippen LogP contribution in [0.4, 0.5) is 0 Å². The molecule has 0 aromatic rings. The minimum atomic E-state index is -1.71. The average molecular weight is 1120 g/mol. The molecule has 2 aliphatic rings. The predicted molar refractivity (Wildman–Crippen MR) is 316 cm³/mol. The van der Waals surface area contributed by atoms with Gasteiger partial charge >= 0.3 is 5.97 Å². The molecule has 11 unspecified atom stereocenters. The maximum absolute atomic E-state index is 13.1. The molecule has 0 spiro atoms. The van der Waals surface area contributed by atoms with Crippen LogP contribution in [0.5, 0.6) is 0 Å². The van der Waals surface area contributed by atoms with E-state index in [9.17, 15) is 40.5 Å². The Bertz CT molecular complexity index is 1540. The number of aliphatic hydroxyl groups is 7. The molecule has 14 heteroatoms.